The molecule has 27 heavy (non-hydrogen) atoms. The number of benzene rings is 2. The Hall–Kier alpha value is -3.22. The lowest BCUT2D eigenvalue weighted by Gasteiger charge is -2.20. The van der Waals surface area contributed by atoms with Crippen LogP contribution in [0.3, 0.4) is 0 Å². The van der Waals surface area contributed by atoms with Crippen molar-refractivity contribution in [2.24, 2.45) is 0 Å². The maximum absolute atomic E-state index is 13.0. The van der Waals surface area contributed by atoms with Gasteiger partial charge in [-0.2, -0.15) is 0 Å². The van der Waals surface area contributed by atoms with Crippen molar-refractivity contribution in [1.82, 2.24) is 4.90 Å². The molecule has 0 spiro atoms. The minimum atomic E-state index is -0.429. The predicted octanol–water partition coefficient (Wildman–Crippen LogP) is 2.56. The lowest BCUT2D eigenvalue weighted by Crippen LogP contribution is -2.40. The fourth-order valence-electron chi connectivity index (χ4n) is 3.55. The molecule has 2 aromatic carbocycles. The van der Waals surface area contributed by atoms with Crippen LogP contribution in [0, 0.1) is 5.82 Å². The second-order valence-corrected chi connectivity index (χ2v) is 6.76. The molecule has 1 atom stereocenters. The van der Waals surface area contributed by atoms with E-state index in [0.29, 0.717) is 35.5 Å². The van der Waals surface area contributed by atoms with Crippen LogP contribution in [0.15, 0.2) is 42.5 Å². The van der Waals surface area contributed by atoms with Gasteiger partial charge in [-0.05, 0) is 48.7 Å². The van der Waals surface area contributed by atoms with E-state index >= 15 is 0 Å². The first-order valence-electron chi connectivity index (χ1n) is 8.81. The maximum Gasteiger partial charge on any atom is 0.256 e. The molecule has 0 unspecified atom stereocenters. The largest absolute Gasteiger partial charge is 0.327 e. The van der Waals surface area contributed by atoms with Crippen LogP contribution in [-0.4, -0.2) is 35.2 Å². The first-order valence-corrected chi connectivity index (χ1v) is 8.81. The van der Waals surface area contributed by atoms with Crippen LogP contribution >= 0.6 is 0 Å². The number of hydrogen-bond donors (Lipinski definition) is 2. The van der Waals surface area contributed by atoms with Crippen molar-refractivity contribution >= 4 is 29.1 Å². The Morgan fingerprint density at radius 2 is 1.96 bits per heavy atom. The van der Waals surface area contributed by atoms with Gasteiger partial charge < -0.3 is 15.5 Å². The van der Waals surface area contributed by atoms with Crippen LogP contribution in [0.25, 0.3) is 0 Å². The van der Waals surface area contributed by atoms with Crippen LogP contribution in [0.2, 0.25) is 0 Å². The number of hydrogen-bond acceptors (Lipinski definition) is 3. The van der Waals surface area contributed by atoms with Gasteiger partial charge in [0, 0.05) is 12.2 Å². The molecule has 0 radical (unpaired) electrons. The lowest BCUT2D eigenvalue weighted by molar-refractivity contribution is -0.119. The predicted molar refractivity (Wildman–Crippen MR) is 97.9 cm³/mol. The highest BCUT2D eigenvalue weighted by atomic mass is 19.1. The smallest absolute Gasteiger partial charge is 0.256 e. The summed E-state index contributed by atoms with van der Waals surface area (Å²) >= 11 is 0. The SMILES string of the molecule is O=C(Cc1ccc(F)cc1)Nc1ccc2c(c1)C(=O)N1CCC[C@H]1C(=O)N2. The zero-order valence-corrected chi connectivity index (χ0v) is 14.5. The van der Waals surface area contributed by atoms with Crippen LogP contribution in [0.5, 0.6) is 0 Å². The zero-order valence-electron chi connectivity index (χ0n) is 14.5. The second kappa shape index (κ2) is 6.83. The fraction of sp³-hybridized carbons (Fsp3) is 0.250. The quantitative estimate of drug-likeness (QED) is 0.875. The summed E-state index contributed by atoms with van der Waals surface area (Å²) in [4.78, 5) is 38.9. The van der Waals surface area contributed by atoms with Gasteiger partial charge >= 0.3 is 0 Å². The number of halogens is 1. The fourth-order valence-corrected chi connectivity index (χ4v) is 3.55. The number of carbonyl (C=O) groups excluding carboxylic acids is 3. The number of amides is 3. The highest BCUT2D eigenvalue weighted by molar-refractivity contribution is 6.11. The molecule has 0 bridgehead atoms. The van der Waals surface area contributed by atoms with Crippen molar-refractivity contribution < 1.29 is 18.8 Å². The summed E-state index contributed by atoms with van der Waals surface area (Å²) in [5.74, 6) is -1.01. The topological polar surface area (TPSA) is 78.5 Å². The van der Waals surface area contributed by atoms with Crippen LogP contribution in [0.4, 0.5) is 15.8 Å². The third-order valence-electron chi connectivity index (χ3n) is 4.89. The molecule has 0 aromatic heterocycles. The second-order valence-electron chi connectivity index (χ2n) is 6.76. The molecule has 2 N–H and O–H groups in total. The van der Waals surface area contributed by atoms with E-state index in [2.05, 4.69) is 10.6 Å². The summed E-state index contributed by atoms with van der Waals surface area (Å²) < 4.78 is 13.0. The third kappa shape index (κ3) is 3.40. The van der Waals surface area contributed by atoms with Gasteiger partial charge in [0.2, 0.25) is 11.8 Å². The number of rotatable bonds is 3. The Bertz CT molecular complexity index is 927. The van der Waals surface area contributed by atoms with E-state index < -0.39 is 6.04 Å². The Balaban J connectivity index is 1.53. The normalized spacial score (nSPS) is 18.4. The first-order chi connectivity index (χ1) is 13.0. The molecule has 6 nitrogen and oxygen atoms in total. The summed E-state index contributed by atoms with van der Waals surface area (Å²) in [6.45, 7) is 0.553. The highest BCUT2D eigenvalue weighted by Crippen LogP contribution is 2.30. The van der Waals surface area contributed by atoms with Crippen molar-refractivity contribution in [2.75, 3.05) is 17.2 Å². The molecule has 4 rings (SSSR count). The monoisotopic (exact) mass is 367 g/mol. The van der Waals surface area contributed by atoms with Crippen molar-refractivity contribution in [2.45, 2.75) is 25.3 Å². The van der Waals surface area contributed by atoms with Gasteiger partial charge in [-0.25, -0.2) is 4.39 Å². The lowest BCUT2D eigenvalue weighted by atomic mass is 10.1. The van der Waals surface area contributed by atoms with E-state index in [1.807, 2.05) is 0 Å². The molecule has 2 aliphatic heterocycles. The number of nitrogens with one attached hydrogen (secondary N) is 2. The van der Waals surface area contributed by atoms with Gasteiger partial charge in [0.25, 0.3) is 5.91 Å². The summed E-state index contributed by atoms with van der Waals surface area (Å²) in [6, 6.07) is 10.1. The number of anilines is 2. The van der Waals surface area contributed by atoms with Crippen LogP contribution in [0.1, 0.15) is 28.8 Å². The maximum atomic E-state index is 13.0. The van der Waals surface area contributed by atoms with Crippen molar-refractivity contribution in [3.8, 4) is 0 Å². The summed E-state index contributed by atoms with van der Waals surface area (Å²) in [5.41, 5.74) is 1.98. The molecule has 2 aliphatic rings. The van der Waals surface area contributed by atoms with E-state index in [0.717, 1.165) is 6.42 Å². The molecular formula is C20H18FN3O3. The molecular weight excluding hydrogens is 349 g/mol. The average molecular weight is 367 g/mol. The molecule has 1 fully saturated rings. The molecule has 0 saturated carbocycles. The van der Waals surface area contributed by atoms with E-state index in [1.54, 1.807) is 35.2 Å². The van der Waals surface area contributed by atoms with Crippen molar-refractivity contribution in [3.05, 3.63) is 59.4 Å². The Morgan fingerprint density at radius 1 is 1.19 bits per heavy atom. The van der Waals surface area contributed by atoms with E-state index in [1.165, 1.54) is 12.1 Å². The number of carbonyl (C=O) groups is 3. The minimum absolute atomic E-state index is 0.0935. The number of fused-ring (bicyclic) bond motifs is 2. The molecule has 1 saturated heterocycles. The summed E-state index contributed by atoms with van der Waals surface area (Å²) in [5, 5.41) is 5.55. The molecule has 2 heterocycles. The van der Waals surface area contributed by atoms with Crippen LogP contribution < -0.4 is 10.6 Å². The molecule has 2 aromatic rings. The molecule has 3 amide bonds. The Morgan fingerprint density at radius 3 is 2.74 bits per heavy atom. The summed E-state index contributed by atoms with van der Waals surface area (Å²) in [6.07, 6.45) is 1.55. The van der Waals surface area contributed by atoms with Crippen molar-refractivity contribution in [1.29, 1.82) is 0 Å². The summed E-state index contributed by atoms with van der Waals surface area (Å²) in [7, 11) is 0. The number of nitrogens with zero attached hydrogens (tertiary/aromatic N) is 1. The van der Waals surface area contributed by atoms with E-state index in [9.17, 15) is 18.8 Å². The zero-order chi connectivity index (χ0) is 19.0. The highest BCUT2D eigenvalue weighted by Gasteiger charge is 2.38. The Kier molecular flexibility index (Phi) is 4.35. The third-order valence-corrected chi connectivity index (χ3v) is 4.89. The van der Waals surface area contributed by atoms with Gasteiger partial charge in [0.1, 0.15) is 11.9 Å². The average Bonchev–Trinajstić information content (AvgIpc) is 3.11. The van der Waals surface area contributed by atoms with Crippen molar-refractivity contribution in [3.63, 3.8) is 0 Å². The Labute approximate surface area is 155 Å². The van der Waals surface area contributed by atoms with Gasteiger partial charge in [-0.3, -0.25) is 14.4 Å². The standard InChI is InChI=1S/C20H18FN3O3/c21-13-5-3-12(4-6-13)10-18(25)22-14-7-8-16-15(11-14)20(27)24-9-1-2-17(24)19(26)23-16/h3-8,11,17H,1-2,9-10H2,(H,22,25)(H,23,26)/t17-/m0/s1. The van der Waals surface area contributed by atoms with Gasteiger partial charge in [-0.1, -0.05) is 12.1 Å². The van der Waals surface area contributed by atoms with Gasteiger partial charge in [0.15, 0.2) is 0 Å². The van der Waals surface area contributed by atoms with E-state index in [-0.39, 0.29) is 30.0 Å². The molecule has 7 heteroatoms. The minimum Gasteiger partial charge on any atom is -0.327 e. The van der Waals surface area contributed by atoms with Crippen LogP contribution in [-0.2, 0) is 16.0 Å². The van der Waals surface area contributed by atoms with Gasteiger partial charge in [0.05, 0.1) is 17.7 Å². The molecule has 138 valence electrons. The van der Waals surface area contributed by atoms with Gasteiger partial charge in [-0.15, -0.1) is 0 Å². The molecule has 0 aliphatic carbocycles. The van der Waals surface area contributed by atoms with E-state index in [4.69, 9.17) is 0 Å². The first kappa shape index (κ1) is 17.2.